The van der Waals surface area contributed by atoms with Crippen LogP contribution >= 0.6 is 11.5 Å². The second kappa shape index (κ2) is 10.7. The van der Waals surface area contributed by atoms with E-state index in [1.807, 2.05) is 20.8 Å². The van der Waals surface area contributed by atoms with Crippen LogP contribution < -0.4 is 26.4 Å². The number of carbonyl (C=O) groups excluding carboxylic acids is 3. The highest BCUT2D eigenvalue weighted by Gasteiger charge is 2.37. The minimum absolute atomic E-state index is 0.0683. The Morgan fingerprint density at radius 2 is 1.86 bits per heavy atom. The van der Waals surface area contributed by atoms with Gasteiger partial charge in [-0.3, -0.25) is 19.3 Å². The molecule has 0 bridgehead atoms. The number of nitrogens with zero attached hydrogens (tertiary/aromatic N) is 2. The Kier molecular flexibility index (Phi) is 7.93. The first kappa shape index (κ1) is 26.6. The van der Waals surface area contributed by atoms with Crippen molar-refractivity contribution in [1.29, 1.82) is 0 Å². The average Bonchev–Trinajstić information content (AvgIpc) is 3.24. The monoisotopic (exact) mass is 513 g/mol. The summed E-state index contributed by atoms with van der Waals surface area (Å²) in [4.78, 5) is 40.6. The van der Waals surface area contributed by atoms with Crippen molar-refractivity contribution in [3.05, 3.63) is 70.5 Å². The van der Waals surface area contributed by atoms with Gasteiger partial charge in [0.15, 0.2) is 5.69 Å². The summed E-state index contributed by atoms with van der Waals surface area (Å²) in [7, 11) is 1.47. The van der Waals surface area contributed by atoms with E-state index in [2.05, 4.69) is 9.69 Å². The van der Waals surface area contributed by atoms with Gasteiger partial charge >= 0.3 is 0 Å². The smallest absolute Gasteiger partial charge is 0.273 e. The molecule has 3 amide bonds. The van der Waals surface area contributed by atoms with Crippen LogP contribution in [0.4, 0.5) is 15.8 Å². The Bertz CT molecular complexity index is 1280. The van der Waals surface area contributed by atoms with E-state index in [0.29, 0.717) is 35.0 Å². The highest BCUT2D eigenvalue weighted by atomic mass is 32.1. The molecule has 9 nitrogen and oxygen atoms in total. The number of halogens is 1. The summed E-state index contributed by atoms with van der Waals surface area (Å²) in [5.41, 5.74) is 11.1. The molecule has 3 aromatic rings. The van der Waals surface area contributed by atoms with Gasteiger partial charge in [-0.05, 0) is 61.6 Å². The highest BCUT2D eigenvalue weighted by Crippen LogP contribution is 2.35. The van der Waals surface area contributed by atoms with Crippen LogP contribution in [0.25, 0.3) is 0 Å². The lowest BCUT2D eigenvalue weighted by molar-refractivity contribution is -0.124. The summed E-state index contributed by atoms with van der Waals surface area (Å²) in [6, 6.07) is 10.6. The number of amides is 3. The third-order valence-electron chi connectivity index (χ3n) is 5.74. The Labute approximate surface area is 212 Å². The molecule has 1 aromatic heterocycles. The molecule has 1 heterocycles. The number of aromatic nitrogens is 1. The number of nitrogens with two attached hydrogens (primary N) is 2. The summed E-state index contributed by atoms with van der Waals surface area (Å²) in [5.74, 6) is -2.13. The molecule has 0 unspecified atom stereocenters. The van der Waals surface area contributed by atoms with E-state index in [0.717, 1.165) is 0 Å². The number of nitrogen functional groups attached to an aromatic ring is 1. The van der Waals surface area contributed by atoms with Gasteiger partial charge in [0.25, 0.3) is 11.8 Å². The van der Waals surface area contributed by atoms with E-state index < -0.39 is 35.1 Å². The lowest BCUT2D eigenvalue weighted by Gasteiger charge is -2.34. The maximum atomic E-state index is 14.0. The van der Waals surface area contributed by atoms with Crippen molar-refractivity contribution in [2.24, 2.45) is 5.73 Å². The molecule has 2 aromatic carbocycles. The second-order valence-electron chi connectivity index (χ2n) is 8.70. The number of benzene rings is 2. The van der Waals surface area contributed by atoms with E-state index in [1.54, 1.807) is 24.3 Å². The van der Waals surface area contributed by atoms with Crippen LogP contribution in [0, 0.1) is 5.82 Å². The minimum Gasteiger partial charge on any atom is -0.497 e. The molecule has 190 valence electrons. The van der Waals surface area contributed by atoms with Crippen molar-refractivity contribution in [3.8, 4) is 5.75 Å². The van der Waals surface area contributed by atoms with Crippen molar-refractivity contribution >= 4 is 40.6 Å². The van der Waals surface area contributed by atoms with Gasteiger partial charge in [0.2, 0.25) is 5.91 Å². The molecule has 0 radical (unpaired) electrons. The van der Waals surface area contributed by atoms with Crippen molar-refractivity contribution in [2.75, 3.05) is 17.7 Å². The van der Waals surface area contributed by atoms with Gasteiger partial charge < -0.3 is 21.5 Å². The van der Waals surface area contributed by atoms with Crippen LogP contribution in [0.1, 0.15) is 59.0 Å². The third kappa shape index (κ3) is 5.62. The first-order chi connectivity index (χ1) is 17.0. The van der Waals surface area contributed by atoms with Crippen molar-refractivity contribution < 1.29 is 23.5 Å². The zero-order chi connectivity index (χ0) is 26.6. The first-order valence-electron chi connectivity index (χ1n) is 11.1. The number of hydrogen-bond donors (Lipinski definition) is 3. The number of rotatable bonds is 9. The number of hydrogen-bond acceptors (Lipinski definition) is 7. The quantitative estimate of drug-likeness (QED) is 0.399. The first-order valence-corrected chi connectivity index (χ1v) is 11.9. The van der Waals surface area contributed by atoms with Gasteiger partial charge in [0.05, 0.1) is 12.8 Å². The zero-order valence-electron chi connectivity index (χ0n) is 20.4. The van der Waals surface area contributed by atoms with E-state index in [1.165, 1.54) is 36.3 Å². The fraction of sp³-hybridized carbons (Fsp3) is 0.280. The lowest BCUT2D eigenvalue weighted by atomic mass is 9.98. The van der Waals surface area contributed by atoms with Crippen LogP contribution in [-0.2, 0) is 4.79 Å². The summed E-state index contributed by atoms with van der Waals surface area (Å²) in [6.07, 6.45) is 0.617. The van der Waals surface area contributed by atoms with Crippen LogP contribution in [0.3, 0.4) is 0 Å². The molecule has 0 spiro atoms. The predicted molar refractivity (Wildman–Crippen MR) is 137 cm³/mol. The standard InChI is InChI=1S/C25H28FN5O4S/c1-5-25(2,3)29-23(33)20(14-9-11-15(26)12-10-14)31(16-7-6-8-17(13-16)35-4)24(34)21-18(27)19(22(28)32)30-36-21/h6-13,20H,5,27H2,1-4H3,(H2,28,32)(H,29,33)/t20-/m0/s1. The van der Waals surface area contributed by atoms with Crippen LogP contribution in [0.2, 0.25) is 0 Å². The van der Waals surface area contributed by atoms with Gasteiger partial charge in [0, 0.05) is 17.3 Å². The fourth-order valence-electron chi connectivity index (χ4n) is 3.44. The van der Waals surface area contributed by atoms with Crippen molar-refractivity contribution in [2.45, 2.75) is 38.8 Å². The molecule has 36 heavy (non-hydrogen) atoms. The Morgan fingerprint density at radius 1 is 1.19 bits per heavy atom. The fourth-order valence-corrected chi connectivity index (χ4v) is 4.18. The normalized spacial score (nSPS) is 12.0. The van der Waals surface area contributed by atoms with Crippen LogP contribution in [-0.4, -0.2) is 34.7 Å². The molecule has 3 rings (SSSR count). The molecule has 11 heteroatoms. The molecule has 0 fully saturated rings. The third-order valence-corrected chi connectivity index (χ3v) is 6.59. The van der Waals surface area contributed by atoms with E-state index in [9.17, 15) is 18.8 Å². The van der Waals surface area contributed by atoms with Gasteiger partial charge in [0.1, 0.15) is 22.5 Å². The largest absolute Gasteiger partial charge is 0.497 e. The van der Waals surface area contributed by atoms with E-state index in [-0.39, 0.29) is 16.3 Å². The lowest BCUT2D eigenvalue weighted by Crippen LogP contribution is -2.50. The second-order valence-corrected chi connectivity index (χ2v) is 9.47. The number of anilines is 2. The summed E-state index contributed by atoms with van der Waals surface area (Å²) in [6.45, 7) is 5.62. The Balaban J connectivity index is 2.25. The van der Waals surface area contributed by atoms with E-state index >= 15 is 0 Å². The van der Waals surface area contributed by atoms with Gasteiger partial charge in [-0.25, -0.2) is 4.39 Å². The number of primary amides is 1. The maximum Gasteiger partial charge on any atom is 0.273 e. The molecular weight excluding hydrogens is 485 g/mol. The number of ether oxygens (including phenoxy) is 1. The number of carbonyl (C=O) groups is 3. The summed E-state index contributed by atoms with van der Waals surface area (Å²) < 4.78 is 23.0. The SMILES string of the molecule is CCC(C)(C)NC(=O)[C@H](c1ccc(F)cc1)N(C(=O)c1snc(C(N)=O)c1N)c1cccc(OC)c1. The van der Waals surface area contributed by atoms with Crippen LogP contribution in [0.15, 0.2) is 48.5 Å². The Morgan fingerprint density at radius 3 is 2.42 bits per heavy atom. The molecule has 1 atom stereocenters. The molecule has 0 aliphatic carbocycles. The summed E-state index contributed by atoms with van der Waals surface area (Å²) >= 11 is 0.700. The van der Waals surface area contributed by atoms with Gasteiger partial charge in [-0.2, -0.15) is 4.37 Å². The molecule has 0 saturated heterocycles. The molecule has 0 aliphatic heterocycles. The number of nitrogens with one attached hydrogen (secondary N) is 1. The van der Waals surface area contributed by atoms with Gasteiger partial charge in [-0.15, -0.1) is 0 Å². The number of methoxy groups -OCH3 is 1. The Hall–Kier alpha value is -3.99. The topological polar surface area (TPSA) is 141 Å². The molecular formula is C25H28FN5O4S. The zero-order valence-corrected chi connectivity index (χ0v) is 21.2. The van der Waals surface area contributed by atoms with Crippen molar-refractivity contribution in [3.63, 3.8) is 0 Å². The average molecular weight is 514 g/mol. The molecule has 5 N–H and O–H groups in total. The van der Waals surface area contributed by atoms with Crippen molar-refractivity contribution in [1.82, 2.24) is 9.69 Å². The predicted octanol–water partition coefficient (Wildman–Crippen LogP) is 3.66. The summed E-state index contributed by atoms with van der Waals surface area (Å²) in [5, 5.41) is 2.97. The molecule has 0 aliphatic rings. The van der Waals surface area contributed by atoms with E-state index in [4.69, 9.17) is 16.2 Å². The minimum atomic E-state index is -1.23. The van der Waals surface area contributed by atoms with Crippen LogP contribution in [0.5, 0.6) is 5.75 Å². The maximum absolute atomic E-state index is 14.0. The molecule has 0 saturated carbocycles. The highest BCUT2D eigenvalue weighted by molar-refractivity contribution is 7.09. The van der Waals surface area contributed by atoms with Gasteiger partial charge in [-0.1, -0.05) is 25.1 Å².